The largest absolute Gasteiger partial charge is 0.508 e. The molecule has 9 heteroatoms. The molecule has 0 unspecified atom stereocenters. The van der Waals surface area contributed by atoms with Crippen molar-refractivity contribution >= 4 is 27.5 Å². The van der Waals surface area contributed by atoms with Crippen molar-refractivity contribution < 1.29 is 18.6 Å². The van der Waals surface area contributed by atoms with Gasteiger partial charge in [0.15, 0.2) is 5.82 Å². The molecular formula is C35H35F2N5O2. The van der Waals surface area contributed by atoms with Crippen molar-refractivity contribution in [1.82, 2.24) is 20.2 Å². The van der Waals surface area contributed by atoms with Crippen LogP contribution in [0, 0.1) is 29.4 Å². The Balaban J connectivity index is 1.24. The number of terminal acetylenes is 1. The van der Waals surface area contributed by atoms with Gasteiger partial charge in [-0.05, 0) is 86.8 Å². The summed E-state index contributed by atoms with van der Waals surface area (Å²) in [5.41, 5.74) is 0.718. The Labute approximate surface area is 255 Å². The van der Waals surface area contributed by atoms with Crippen LogP contribution in [0.5, 0.6) is 11.8 Å². The summed E-state index contributed by atoms with van der Waals surface area (Å²) in [6.45, 7) is 5.30. The first-order valence-electron chi connectivity index (χ1n) is 15.7. The predicted octanol–water partition coefficient (Wildman–Crippen LogP) is 5.61. The number of phenolic OH excluding ortho intramolecular Hbond substituents is 1. The molecule has 4 fully saturated rings. The molecule has 0 radical (unpaired) electrons. The molecule has 4 aromatic rings. The predicted molar refractivity (Wildman–Crippen MR) is 167 cm³/mol. The summed E-state index contributed by atoms with van der Waals surface area (Å²) in [5.74, 6) is 1.84. The summed E-state index contributed by atoms with van der Waals surface area (Å²) >= 11 is 0. The molecule has 2 atom stereocenters. The van der Waals surface area contributed by atoms with Gasteiger partial charge in [0.05, 0.1) is 12.2 Å². The van der Waals surface area contributed by atoms with Crippen molar-refractivity contribution in [1.29, 1.82) is 0 Å². The molecule has 0 spiro atoms. The third-order valence-electron chi connectivity index (χ3n) is 9.99. The first kappa shape index (κ1) is 27.5. The van der Waals surface area contributed by atoms with Gasteiger partial charge in [-0.15, -0.1) is 6.42 Å². The lowest BCUT2D eigenvalue weighted by Gasteiger charge is -2.34. The first-order valence-corrected chi connectivity index (χ1v) is 15.7. The lowest BCUT2D eigenvalue weighted by molar-refractivity contribution is 0.170. The van der Waals surface area contributed by atoms with Crippen LogP contribution in [0.4, 0.5) is 14.6 Å². The maximum Gasteiger partial charge on any atom is 0.319 e. The molecule has 1 aliphatic carbocycles. The van der Waals surface area contributed by atoms with E-state index in [9.17, 15) is 9.50 Å². The normalized spacial score (nSPS) is 22.5. The Hall–Kier alpha value is -4.00. The van der Waals surface area contributed by atoms with Crippen LogP contribution in [0.1, 0.15) is 44.1 Å². The maximum atomic E-state index is 16.8. The molecule has 8 rings (SSSR count). The van der Waals surface area contributed by atoms with Gasteiger partial charge in [0.1, 0.15) is 22.9 Å². The molecular weight excluding hydrogens is 560 g/mol. The van der Waals surface area contributed by atoms with Crippen LogP contribution in [0.15, 0.2) is 36.4 Å². The number of rotatable bonds is 7. The Morgan fingerprint density at radius 3 is 2.52 bits per heavy atom. The molecule has 3 aliphatic heterocycles. The monoisotopic (exact) mass is 595 g/mol. The fourth-order valence-corrected chi connectivity index (χ4v) is 7.55. The number of nitrogens with one attached hydrogen (secondary N) is 1. The van der Waals surface area contributed by atoms with E-state index in [-0.39, 0.29) is 33.8 Å². The molecule has 226 valence electrons. The number of likely N-dealkylation sites (tertiary alicyclic amines) is 1. The highest BCUT2D eigenvalue weighted by molar-refractivity contribution is 6.04. The summed E-state index contributed by atoms with van der Waals surface area (Å²) in [6.07, 6.45) is 12.6. The van der Waals surface area contributed by atoms with Crippen molar-refractivity contribution in [3.63, 3.8) is 0 Å². The lowest BCUT2D eigenvalue weighted by Crippen LogP contribution is -2.51. The zero-order valence-electron chi connectivity index (χ0n) is 24.6. The minimum Gasteiger partial charge on any atom is -0.508 e. The minimum absolute atomic E-state index is 0.0217. The number of benzene rings is 3. The Morgan fingerprint density at radius 1 is 1.02 bits per heavy atom. The molecule has 4 aliphatic rings. The van der Waals surface area contributed by atoms with Crippen molar-refractivity contribution in [2.75, 3.05) is 44.2 Å². The van der Waals surface area contributed by atoms with E-state index < -0.39 is 11.6 Å². The fraction of sp³-hybridized carbons (Fsp3) is 0.429. The molecule has 44 heavy (non-hydrogen) atoms. The average Bonchev–Trinajstić information content (AvgIpc) is 3.42. The van der Waals surface area contributed by atoms with Gasteiger partial charge in [-0.3, -0.25) is 0 Å². The lowest BCUT2D eigenvalue weighted by atomic mass is 9.93. The third kappa shape index (κ3) is 4.81. The van der Waals surface area contributed by atoms with E-state index >= 15 is 4.39 Å². The number of anilines is 1. The van der Waals surface area contributed by atoms with E-state index in [1.807, 2.05) is 6.07 Å². The highest BCUT2D eigenvalue weighted by Gasteiger charge is 2.45. The summed E-state index contributed by atoms with van der Waals surface area (Å²) in [6, 6.07) is 10.1. The number of phenols is 1. The highest BCUT2D eigenvalue weighted by Crippen LogP contribution is 2.47. The molecule has 2 bridgehead atoms. The van der Waals surface area contributed by atoms with Crippen LogP contribution in [-0.4, -0.2) is 71.4 Å². The van der Waals surface area contributed by atoms with Crippen molar-refractivity contribution in [3.8, 4) is 35.2 Å². The van der Waals surface area contributed by atoms with Gasteiger partial charge in [0.2, 0.25) is 0 Å². The highest BCUT2D eigenvalue weighted by atomic mass is 19.1. The smallest absolute Gasteiger partial charge is 0.319 e. The van der Waals surface area contributed by atoms with Crippen LogP contribution in [0.2, 0.25) is 0 Å². The number of piperazine rings is 1. The minimum atomic E-state index is -0.591. The molecule has 2 N–H and O–H groups in total. The Morgan fingerprint density at radius 2 is 1.80 bits per heavy atom. The van der Waals surface area contributed by atoms with Gasteiger partial charge in [0, 0.05) is 53.5 Å². The van der Waals surface area contributed by atoms with E-state index in [4.69, 9.17) is 16.1 Å². The summed E-state index contributed by atoms with van der Waals surface area (Å²) in [7, 11) is 0. The van der Waals surface area contributed by atoms with Gasteiger partial charge >= 0.3 is 6.01 Å². The quantitative estimate of drug-likeness (QED) is 0.269. The number of ether oxygens (including phenoxy) is 1. The summed E-state index contributed by atoms with van der Waals surface area (Å²) in [4.78, 5) is 14.3. The van der Waals surface area contributed by atoms with Crippen molar-refractivity contribution in [3.05, 3.63) is 53.6 Å². The van der Waals surface area contributed by atoms with E-state index in [0.29, 0.717) is 46.2 Å². The molecule has 4 heterocycles. The maximum absolute atomic E-state index is 16.8. The number of nitrogens with zero attached hydrogens (tertiary/aromatic N) is 4. The van der Waals surface area contributed by atoms with Crippen molar-refractivity contribution in [2.45, 2.75) is 50.6 Å². The van der Waals surface area contributed by atoms with Crippen LogP contribution in [0.3, 0.4) is 0 Å². The first-order chi connectivity index (χ1) is 21.4. The SMILES string of the molecule is C#Cc1c(F)ccc2cc(O)cc(-c3ccc4c(N5C[C@H]6CC[C@@H](C5)N6)nc(OCC5(CN6CCCC6)CC5)nc4c3F)c12. The van der Waals surface area contributed by atoms with Crippen LogP contribution in [-0.2, 0) is 0 Å². The third-order valence-corrected chi connectivity index (χ3v) is 9.99. The second-order valence-electron chi connectivity index (χ2n) is 13.1. The van der Waals surface area contributed by atoms with Crippen molar-refractivity contribution in [2.24, 2.45) is 5.41 Å². The fourth-order valence-electron chi connectivity index (χ4n) is 7.55. The van der Waals surface area contributed by atoms with Gasteiger partial charge in [-0.2, -0.15) is 9.97 Å². The number of aromatic hydroxyl groups is 1. The molecule has 3 saturated heterocycles. The standard InChI is InChI=1S/C35H35F2N5O2/c1-2-25-29(36)10-5-21-15-24(43)16-28(30(21)25)26-8-9-27-32(31(26)37)39-34(40-33(27)42-17-22-6-7-23(18-42)38-22)44-20-35(11-12-35)19-41-13-3-4-14-41/h1,5,8-10,15-16,22-23,38,43H,3-4,6-7,11-14,17-20H2/t22-,23+. The van der Waals surface area contributed by atoms with Gasteiger partial charge in [-0.25, -0.2) is 8.78 Å². The van der Waals surface area contributed by atoms with E-state index in [1.165, 1.54) is 37.1 Å². The number of hydrogen-bond acceptors (Lipinski definition) is 7. The molecule has 1 aromatic heterocycles. The zero-order valence-corrected chi connectivity index (χ0v) is 24.6. The van der Waals surface area contributed by atoms with Crippen LogP contribution < -0.4 is 15.0 Å². The zero-order chi connectivity index (χ0) is 30.0. The van der Waals surface area contributed by atoms with Gasteiger partial charge in [-0.1, -0.05) is 18.1 Å². The van der Waals surface area contributed by atoms with Gasteiger partial charge < -0.3 is 25.0 Å². The second kappa shape index (κ2) is 10.6. The Bertz CT molecular complexity index is 1820. The van der Waals surface area contributed by atoms with Crippen LogP contribution in [0.25, 0.3) is 32.8 Å². The van der Waals surface area contributed by atoms with E-state index in [2.05, 4.69) is 26.0 Å². The van der Waals surface area contributed by atoms with E-state index in [0.717, 1.165) is 58.4 Å². The molecule has 7 nitrogen and oxygen atoms in total. The molecule has 3 aromatic carbocycles. The van der Waals surface area contributed by atoms with Crippen LogP contribution >= 0.6 is 0 Å². The number of aromatic nitrogens is 2. The molecule has 1 saturated carbocycles. The Kier molecular flexibility index (Phi) is 6.61. The molecule has 0 amide bonds. The van der Waals surface area contributed by atoms with Gasteiger partial charge in [0.25, 0.3) is 0 Å². The summed E-state index contributed by atoms with van der Waals surface area (Å²) < 4.78 is 37.9. The second-order valence-corrected chi connectivity index (χ2v) is 13.1. The topological polar surface area (TPSA) is 73.8 Å². The number of halogens is 2. The average molecular weight is 596 g/mol. The number of fused-ring (bicyclic) bond motifs is 4. The number of hydrogen-bond donors (Lipinski definition) is 2. The van der Waals surface area contributed by atoms with E-state index in [1.54, 1.807) is 6.07 Å². The summed E-state index contributed by atoms with van der Waals surface area (Å²) in [5, 5.41) is 15.7.